The predicted octanol–water partition coefficient (Wildman–Crippen LogP) is 0.791. The van der Waals surface area contributed by atoms with Crippen molar-refractivity contribution in [1.82, 2.24) is 4.90 Å². The van der Waals surface area contributed by atoms with Crippen molar-refractivity contribution in [3.63, 3.8) is 0 Å². The third-order valence-electron chi connectivity index (χ3n) is 2.55. The molecule has 0 fully saturated rings. The quantitative estimate of drug-likeness (QED) is 0.644. The topological polar surface area (TPSA) is 76.1 Å². The Balaban J connectivity index is 3.08. The zero-order chi connectivity index (χ0) is 14.6. The summed E-state index contributed by atoms with van der Waals surface area (Å²) in [5.74, 6) is -0.987. The summed E-state index contributed by atoms with van der Waals surface area (Å²) < 4.78 is 10.1. The second-order valence-corrected chi connectivity index (χ2v) is 4.32. The standard InChI is InChI=1S/C13H17NO5/c1-13(12(17)18-4,11(16)14(2)3)19-10-7-5-9(15)6-8-10/h5-8,15H,1-4H3. The predicted molar refractivity (Wildman–Crippen MR) is 67.8 cm³/mol. The van der Waals surface area contributed by atoms with Crippen LogP contribution in [0.5, 0.6) is 11.5 Å². The van der Waals surface area contributed by atoms with Crippen molar-refractivity contribution >= 4 is 11.9 Å². The molecule has 19 heavy (non-hydrogen) atoms. The Morgan fingerprint density at radius 3 is 2.16 bits per heavy atom. The SMILES string of the molecule is COC(=O)C(C)(Oc1ccc(O)cc1)C(=O)N(C)C. The number of benzene rings is 1. The van der Waals surface area contributed by atoms with Crippen molar-refractivity contribution < 1.29 is 24.2 Å². The van der Waals surface area contributed by atoms with E-state index in [0.29, 0.717) is 0 Å². The first kappa shape index (κ1) is 14.8. The maximum atomic E-state index is 12.1. The molecule has 104 valence electrons. The van der Waals surface area contributed by atoms with Crippen LogP contribution in [0.25, 0.3) is 0 Å². The molecule has 0 saturated heterocycles. The molecule has 1 unspecified atom stereocenters. The minimum absolute atomic E-state index is 0.0612. The molecular weight excluding hydrogens is 250 g/mol. The van der Waals surface area contributed by atoms with Gasteiger partial charge in [0.05, 0.1) is 7.11 Å². The Hall–Kier alpha value is -2.24. The summed E-state index contributed by atoms with van der Waals surface area (Å²) in [5.41, 5.74) is -1.77. The average molecular weight is 267 g/mol. The summed E-state index contributed by atoms with van der Waals surface area (Å²) in [5, 5.41) is 9.19. The van der Waals surface area contributed by atoms with Gasteiger partial charge in [-0.3, -0.25) is 4.79 Å². The third-order valence-corrected chi connectivity index (χ3v) is 2.55. The van der Waals surface area contributed by atoms with E-state index >= 15 is 0 Å². The van der Waals surface area contributed by atoms with Gasteiger partial charge in [0, 0.05) is 14.1 Å². The van der Waals surface area contributed by atoms with Gasteiger partial charge in [-0.2, -0.15) is 0 Å². The van der Waals surface area contributed by atoms with Gasteiger partial charge in [0.15, 0.2) is 0 Å². The van der Waals surface area contributed by atoms with Gasteiger partial charge in [-0.1, -0.05) is 0 Å². The van der Waals surface area contributed by atoms with Crippen molar-refractivity contribution in [2.45, 2.75) is 12.5 Å². The average Bonchev–Trinajstić information content (AvgIpc) is 2.39. The largest absolute Gasteiger partial charge is 0.508 e. The molecular formula is C13H17NO5. The van der Waals surface area contributed by atoms with E-state index in [9.17, 15) is 14.7 Å². The van der Waals surface area contributed by atoms with Crippen molar-refractivity contribution in [3.05, 3.63) is 24.3 Å². The fourth-order valence-electron chi connectivity index (χ4n) is 1.54. The minimum atomic E-state index is -1.77. The highest BCUT2D eigenvalue weighted by Gasteiger charge is 2.46. The molecule has 1 amide bonds. The fourth-order valence-corrected chi connectivity index (χ4v) is 1.54. The zero-order valence-electron chi connectivity index (χ0n) is 11.3. The van der Waals surface area contributed by atoms with Gasteiger partial charge in [0.25, 0.3) is 11.5 Å². The van der Waals surface area contributed by atoms with Gasteiger partial charge >= 0.3 is 5.97 Å². The van der Waals surface area contributed by atoms with Crippen LogP contribution in [0.3, 0.4) is 0 Å². The Morgan fingerprint density at radius 2 is 1.74 bits per heavy atom. The molecule has 0 aromatic heterocycles. The molecule has 1 N–H and O–H groups in total. The number of likely N-dealkylation sites (N-methyl/N-ethyl adjacent to an activating group) is 1. The summed E-state index contributed by atoms with van der Waals surface area (Å²) in [6, 6.07) is 5.71. The first-order chi connectivity index (χ1) is 8.81. The number of hydrogen-bond acceptors (Lipinski definition) is 5. The maximum Gasteiger partial charge on any atom is 0.359 e. The highest BCUT2D eigenvalue weighted by molar-refractivity contribution is 6.05. The lowest BCUT2D eigenvalue weighted by molar-refractivity contribution is -0.167. The summed E-state index contributed by atoms with van der Waals surface area (Å²) in [6.07, 6.45) is 0. The van der Waals surface area contributed by atoms with E-state index in [0.717, 1.165) is 0 Å². The monoisotopic (exact) mass is 267 g/mol. The number of methoxy groups -OCH3 is 1. The summed E-state index contributed by atoms with van der Waals surface area (Å²) in [4.78, 5) is 25.1. The zero-order valence-corrected chi connectivity index (χ0v) is 11.3. The third kappa shape index (κ3) is 3.15. The van der Waals surface area contributed by atoms with Crippen LogP contribution in [0, 0.1) is 0 Å². The Kier molecular flexibility index (Phi) is 4.37. The minimum Gasteiger partial charge on any atom is -0.508 e. The highest BCUT2D eigenvalue weighted by Crippen LogP contribution is 2.23. The summed E-state index contributed by atoms with van der Waals surface area (Å²) >= 11 is 0. The number of carbonyl (C=O) groups excluding carboxylic acids is 2. The molecule has 0 bridgehead atoms. The van der Waals surface area contributed by atoms with E-state index in [1.165, 1.54) is 57.3 Å². The van der Waals surface area contributed by atoms with E-state index in [4.69, 9.17) is 4.74 Å². The molecule has 1 atom stereocenters. The smallest absolute Gasteiger partial charge is 0.359 e. The lowest BCUT2D eigenvalue weighted by Gasteiger charge is -2.29. The number of rotatable bonds is 4. The van der Waals surface area contributed by atoms with Gasteiger partial charge in [0.2, 0.25) is 0 Å². The maximum absolute atomic E-state index is 12.1. The molecule has 0 spiro atoms. The van der Waals surface area contributed by atoms with Crippen LogP contribution >= 0.6 is 0 Å². The number of amides is 1. The Labute approximate surface area is 111 Å². The molecule has 0 aliphatic rings. The van der Waals surface area contributed by atoms with E-state index in [1.54, 1.807) is 0 Å². The molecule has 1 rings (SSSR count). The fraction of sp³-hybridized carbons (Fsp3) is 0.385. The first-order valence-corrected chi connectivity index (χ1v) is 5.59. The van der Waals surface area contributed by atoms with Crippen LogP contribution in [-0.4, -0.2) is 48.7 Å². The second-order valence-electron chi connectivity index (χ2n) is 4.32. The van der Waals surface area contributed by atoms with E-state index in [1.807, 2.05) is 0 Å². The molecule has 0 aliphatic carbocycles. The number of carbonyl (C=O) groups is 2. The van der Waals surface area contributed by atoms with Gasteiger partial charge in [-0.05, 0) is 31.2 Å². The van der Waals surface area contributed by atoms with Crippen LogP contribution in [0.15, 0.2) is 24.3 Å². The Bertz CT molecular complexity index is 468. The Morgan fingerprint density at radius 1 is 1.21 bits per heavy atom. The number of aromatic hydroxyl groups is 1. The van der Waals surface area contributed by atoms with Crippen LogP contribution in [0.4, 0.5) is 0 Å². The van der Waals surface area contributed by atoms with Crippen molar-refractivity contribution in [2.75, 3.05) is 21.2 Å². The molecule has 0 saturated carbocycles. The molecule has 0 heterocycles. The number of nitrogens with zero attached hydrogens (tertiary/aromatic N) is 1. The van der Waals surface area contributed by atoms with Crippen LogP contribution in [0.2, 0.25) is 0 Å². The van der Waals surface area contributed by atoms with Gasteiger partial charge < -0.3 is 19.5 Å². The second kappa shape index (κ2) is 5.60. The number of phenols is 1. The highest BCUT2D eigenvalue weighted by atomic mass is 16.6. The summed E-state index contributed by atoms with van der Waals surface area (Å²) in [6.45, 7) is 1.34. The first-order valence-electron chi connectivity index (χ1n) is 5.59. The molecule has 0 aliphatic heterocycles. The number of phenolic OH excluding ortho intramolecular Hbond substituents is 1. The van der Waals surface area contributed by atoms with Crippen LogP contribution < -0.4 is 4.74 Å². The van der Waals surface area contributed by atoms with E-state index in [2.05, 4.69) is 4.74 Å². The van der Waals surface area contributed by atoms with Crippen molar-refractivity contribution in [2.24, 2.45) is 0 Å². The van der Waals surface area contributed by atoms with Gasteiger partial charge in [0.1, 0.15) is 11.5 Å². The molecule has 6 nitrogen and oxygen atoms in total. The normalized spacial score (nSPS) is 13.3. The molecule has 1 aromatic carbocycles. The van der Waals surface area contributed by atoms with Crippen LogP contribution in [0.1, 0.15) is 6.92 Å². The van der Waals surface area contributed by atoms with E-state index < -0.39 is 17.5 Å². The molecule has 6 heteroatoms. The van der Waals surface area contributed by atoms with Crippen molar-refractivity contribution in [3.8, 4) is 11.5 Å². The molecule has 0 radical (unpaired) electrons. The number of hydrogen-bond donors (Lipinski definition) is 1. The lowest BCUT2D eigenvalue weighted by Crippen LogP contribution is -2.54. The number of ether oxygens (including phenoxy) is 2. The van der Waals surface area contributed by atoms with Gasteiger partial charge in [-0.15, -0.1) is 0 Å². The lowest BCUT2D eigenvalue weighted by atomic mass is 10.1. The van der Waals surface area contributed by atoms with Crippen LogP contribution in [-0.2, 0) is 14.3 Å². The summed E-state index contributed by atoms with van der Waals surface area (Å²) in [7, 11) is 4.22. The number of esters is 1. The van der Waals surface area contributed by atoms with E-state index in [-0.39, 0.29) is 11.5 Å². The van der Waals surface area contributed by atoms with Crippen molar-refractivity contribution in [1.29, 1.82) is 0 Å². The molecule has 1 aromatic rings. The van der Waals surface area contributed by atoms with Gasteiger partial charge in [-0.25, -0.2) is 4.79 Å².